The van der Waals surface area contributed by atoms with Gasteiger partial charge in [-0.1, -0.05) is 31.9 Å². The van der Waals surface area contributed by atoms with Crippen LogP contribution in [0.2, 0.25) is 0 Å². The second kappa shape index (κ2) is 7.53. The topological polar surface area (TPSA) is 79.2 Å². The van der Waals surface area contributed by atoms with Gasteiger partial charge in [-0.3, -0.25) is 0 Å². The van der Waals surface area contributed by atoms with Gasteiger partial charge in [0.15, 0.2) is 0 Å². The minimum Gasteiger partial charge on any atom is -0.508 e. The summed E-state index contributed by atoms with van der Waals surface area (Å²) in [6.45, 7) is 12.3. The second-order valence-electron chi connectivity index (χ2n) is 11.2. The lowest BCUT2D eigenvalue weighted by Gasteiger charge is -2.54. The lowest BCUT2D eigenvalue weighted by molar-refractivity contribution is -0.309. The highest BCUT2D eigenvalue weighted by molar-refractivity contribution is 5.46. The van der Waals surface area contributed by atoms with Crippen LogP contribution in [0.4, 0.5) is 0 Å². The zero-order valence-electron chi connectivity index (χ0n) is 20.3. The van der Waals surface area contributed by atoms with E-state index in [2.05, 4.69) is 32.9 Å². The molecule has 1 aromatic rings. The lowest BCUT2D eigenvalue weighted by atomic mass is 9.60. The van der Waals surface area contributed by atoms with Crippen molar-refractivity contribution in [1.29, 1.82) is 0 Å². The minimum absolute atomic E-state index is 0.0540. The molecule has 0 aromatic heterocycles. The number of rotatable bonds is 4. The number of aliphatic hydroxyl groups excluding tert-OH is 1. The van der Waals surface area contributed by atoms with Gasteiger partial charge in [0.1, 0.15) is 17.3 Å². The molecule has 1 spiro atoms. The fourth-order valence-electron chi connectivity index (χ4n) is 6.08. The number of aliphatic hydroxyl groups is 1. The maximum atomic E-state index is 10.8. The molecule has 1 aliphatic carbocycles. The minimum atomic E-state index is -0.827. The monoisotopic (exact) mass is 442 g/mol. The van der Waals surface area contributed by atoms with Crippen molar-refractivity contribution >= 4 is 0 Å². The van der Waals surface area contributed by atoms with Crippen molar-refractivity contribution < 1.29 is 24.8 Å². The summed E-state index contributed by atoms with van der Waals surface area (Å²) in [5.74, 6) is 0.451. The number of benzene rings is 1. The first-order valence-electron chi connectivity index (χ1n) is 11.8. The molecule has 4 rings (SSSR count). The molecule has 0 radical (unpaired) electrons. The number of fused-ring (bicyclic) bond motifs is 2. The number of hydrogen-bond donors (Lipinski definition) is 3. The molecular formula is C27H38O5. The van der Waals surface area contributed by atoms with Crippen molar-refractivity contribution in [2.24, 2.45) is 10.8 Å². The van der Waals surface area contributed by atoms with E-state index in [9.17, 15) is 15.3 Å². The van der Waals surface area contributed by atoms with Gasteiger partial charge in [0.25, 0.3) is 0 Å². The Morgan fingerprint density at radius 1 is 1.16 bits per heavy atom. The molecule has 3 N–H and O–H groups in total. The summed E-state index contributed by atoms with van der Waals surface area (Å²) in [5, 5.41) is 31.0. The average Bonchev–Trinajstić information content (AvgIpc) is 3.10. The molecule has 2 heterocycles. The fourth-order valence-corrected chi connectivity index (χ4v) is 6.08. The third-order valence-corrected chi connectivity index (χ3v) is 8.43. The maximum Gasteiger partial charge on any atom is 0.219 e. The Labute approximate surface area is 191 Å². The predicted molar refractivity (Wildman–Crippen MR) is 124 cm³/mol. The van der Waals surface area contributed by atoms with Gasteiger partial charge in [-0.2, -0.15) is 0 Å². The van der Waals surface area contributed by atoms with Crippen LogP contribution in [0.5, 0.6) is 11.5 Å². The molecule has 0 unspecified atom stereocenters. The predicted octanol–water partition coefficient (Wildman–Crippen LogP) is 5.65. The van der Waals surface area contributed by atoms with Crippen LogP contribution in [0.15, 0.2) is 35.6 Å². The van der Waals surface area contributed by atoms with E-state index in [4.69, 9.17) is 9.47 Å². The van der Waals surface area contributed by atoms with E-state index in [1.165, 1.54) is 0 Å². The molecule has 5 heteroatoms. The third-order valence-electron chi connectivity index (χ3n) is 8.43. The molecule has 1 aromatic carbocycles. The summed E-state index contributed by atoms with van der Waals surface area (Å²) in [6, 6.07) is 3.17. The van der Waals surface area contributed by atoms with Crippen LogP contribution < -0.4 is 0 Å². The summed E-state index contributed by atoms with van der Waals surface area (Å²) in [7, 11) is 0. The molecule has 0 bridgehead atoms. The van der Waals surface area contributed by atoms with Crippen molar-refractivity contribution in [3.8, 4) is 11.5 Å². The van der Waals surface area contributed by atoms with E-state index < -0.39 is 17.5 Å². The van der Waals surface area contributed by atoms with Gasteiger partial charge in [0, 0.05) is 29.2 Å². The Balaban J connectivity index is 1.60. The highest BCUT2D eigenvalue weighted by Gasteiger charge is 2.69. The molecule has 4 atom stereocenters. The molecule has 3 aliphatic rings. The number of phenols is 2. The molecule has 176 valence electrons. The average molecular weight is 443 g/mol. The zero-order chi connectivity index (χ0) is 23.5. The van der Waals surface area contributed by atoms with Crippen molar-refractivity contribution in [1.82, 2.24) is 0 Å². The quantitative estimate of drug-likeness (QED) is 0.415. The fraction of sp³-hybridized carbons (Fsp3) is 0.630. The first-order valence-corrected chi connectivity index (χ1v) is 11.8. The summed E-state index contributed by atoms with van der Waals surface area (Å²) >= 11 is 0. The van der Waals surface area contributed by atoms with Gasteiger partial charge in [-0.15, -0.1) is 0 Å². The van der Waals surface area contributed by atoms with Gasteiger partial charge < -0.3 is 24.8 Å². The van der Waals surface area contributed by atoms with Gasteiger partial charge in [-0.05, 0) is 70.7 Å². The Morgan fingerprint density at radius 3 is 2.53 bits per heavy atom. The van der Waals surface area contributed by atoms with Crippen LogP contribution in [0.1, 0.15) is 77.8 Å². The van der Waals surface area contributed by atoms with E-state index in [1.807, 2.05) is 13.8 Å². The highest BCUT2D eigenvalue weighted by atomic mass is 16.7. The number of allylic oxidation sites excluding steroid dienone is 3. The number of aromatic hydroxyl groups is 2. The van der Waals surface area contributed by atoms with Crippen molar-refractivity contribution in [2.75, 3.05) is 0 Å². The molecule has 2 fully saturated rings. The van der Waals surface area contributed by atoms with Crippen LogP contribution in [0.25, 0.3) is 0 Å². The standard InChI is InChI=1S/C27H38O5/c1-17(8-9-19-14-20(28)13-18(2)23(19)30)12-21-15-25(5)10-7-11-26(25,6)27(31-21)16-22(29)24(3,4)32-27/h8,13-15,22,28-30H,7,9-12,16H2,1-6H3/t22-,25+,26+,27+/m0/s1. The van der Waals surface area contributed by atoms with E-state index in [0.717, 1.165) is 30.6 Å². The molecule has 2 aliphatic heterocycles. The Bertz CT molecular complexity index is 977. The second-order valence-corrected chi connectivity index (χ2v) is 11.2. The van der Waals surface area contributed by atoms with Gasteiger partial charge >= 0.3 is 0 Å². The number of phenolic OH excluding ortho intramolecular Hbond substituents is 2. The third kappa shape index (κ3) is 3.54. The maximum absolute atomic E-state index is 10.8. The lowest BCUT2D eigenvalue weighted by Crippen LogP contribution is -2.57. The number of aryl methyl sites for hydroxylation is 1. The summed E-state index contributed by atoms with van der Waals surface area (Å²) in [5.41, 5.74) is 1.60. The normalized spacial score (nSPS) is 36.2. The molecule has 5 nitrogen and oxygen atoms in total. The molecule has 1 saturated carbocycles. The smallest absolute Gasteiger partial charge is 0.219 e. The number of ether oxygens (including phenoxy) is 2. The van der Waals surface area contributed by atoms with Crippen molar-refractivity contribution in [3.05, 3.63) is 46.7 Å². The van der Waals surface area contributed by atoms with Crippen LogP contribution in [0, 0.1) is 17.8 Å². The zero-order valence-corrected chi connectivity index (χ0v) is 20.3. The molecule has 32 heavy (non-hydrogen) atoms. The highest BCUT2D eigenvalue weighted by Crippen LogP contribution is 2.67. The summed E-state index contributed by atoms with van der Waals surface area (Å²) in [6.07, 6.45) is 8.66. The largest absolute Gasteiger partial charge is 0.508 e. The Hall–Kier alpha value is -1.98. The molecule has 1 saturated heterocycles. The van der Waals surface area contributed by atoms with E-state index in [0.29, 0.717) is 30.4 Å². The van der Waals surface area contributed by atoms with Crippen LogP contribution >= 0.6 is 0 Å². The van der Waals surface area contributed by atoms with Crippen LogP contribution in [-0.4, -0.2) is 32.8 Å². The van der Waals surface area contributed by atoms with E-state index >= 15 is 0 Å². The van der Waals surface area contributed by atoms with Gasteiger partial charge in [-0.25, -0.2) is 0 Å². The van der Waals surface area contributed by atoms with Crippen molar-refractivity contribution in [2.45, 2.75) is 97.6 Å². The van der Waals surface area contributed by atoms with Crippen LogP contribution in [0.3, 0.4) is 0 Å². The van der Waals surface area contributed by atoms with Gasteiger partial charge in [0.2, 0.25) is 5.79 Å². The van der Waals surface area contributed by atoms with Crippen molar-refractivity contribution in [3.63, 3.8) is 0 Å². The summed E-state index contributed by atoms with van der Waals surface area (Å²) in [4.78, 5) is 0. The Morgan fingerprint density at radius 2 is 1.88 bits per heavy atom. The first-order chi connectivity index (χ1) is 14.8. The SMILES string of the molecule is CC(=CCc1cc(O)cc(C)c1O)CC1=C[C@@]2(C)CCC[C@@]2(C)[C@]2(C[C@H](O)C(C)(C)O2)O1. The molecule has 0 amide bonds. The first kappa shape index (κ1) is 23.2. The molecular weight excluding hydrogens is 404 g/mol. The van der Waals surface area contributed by atoms with E-state index in [-0.39, 0.29) is 22.3 Å². The van der Waals surface area contributed by atoms with Gasteiger partial charge in [0.05, 0.1) is 11.7 Å². The summed E-state index contributed by atoms with van der Waals surface area (Å²) < 4.78 is 13.2. The van der Waals surface area contributed by atoms with Crippen LogP contribution in [-0.2, 0) is 15.9 Å². The number of hydrogen-bond acceptors (Lipinski definition) is 5. The Kier molecular flexibility index (Phi) is 5.45. The van der Waals surface area contributed by atoms with E-state index in [1.54, 1.807) is 19.1 Å².